The van der Waals surface area contributed by atoms with Gasteiger partial charge in [-0.2, -0.15) is 0 Å². The van der Waals surface area contributed by atoms with Gasteiger partial charge in [0.2, 0.25) is 0 Å². The van der Waals surface area contributed by atoms with Crippen molar-refractivity contribution in [1.29, 1.82) is 0 Å². The molecule has 0 unspecified atom stereocenters. The van der Waals surface area contributed by atoms with Crippen LogP contribution in [0.25, 0.3) is 0 Å². The zero-order valence-electron chi connectivity index (χ0n) is 9.95. The zero-order chi connectivity index (χ0) is 14.7. The molecular formula is C13H8ClNO4S. The van der Waals surface area contributed by atoms with E-state index in [4.69, 9.17) is 16.7 Å². The van der Waals surface area contributed by atoms with Crippen LogP contribution in [0.4, 0.5) is 5.69 Å². The molecule has 2 aromatic rings. The maximum Gasteiger partial charge on any atom is 0.337 e. The number of nitrogens with zero attached hydrogens (tertiary/aromatic N) is 1. The lowest BCUT2D eigenvalue weighted by molar-refractivity contribution is -0.384. The van der Waals surface area contributed by atoms with E-state index in [0.717, 1.165) is 9.79 Å². The summed E-state index contributed by atoms with van der Waals surface area (Å²) in [7, 11) is 0. The van der Waals surface area contributed by atoms with Crippen molar-refractivity contribution in [2.45, 2.75) is 9.79 Å². The van der Waals surface area contributed by atoms with Crippen molar-refractivity contribution >= 4 is 35.0 Å². The number of benzene rings is 2. The number of aromatic carboxylic acids is 1. The molecule has 0 aliphatic rings. The van der Waals surface area contributed by atoms with Crippen LogP contribution in [0.1, 0.15) is 10.4 Å². The predicted octanol–water partition coefficient (Wildman–Crippen LogP) is 4.10. The largest absolute Gasteiger partial charge is 0.478 e. The molecule has 0 aliphatic heterocycles. The summed E-state index contributed by atoms with van der Waals surface area (Å²) in [6, 6.07) is 10.7. The Morgan fingerprint density at radius 1 is 1.15 bits per heavy atom. The molecule has 0 amide bonds. The van der Waals surface area contributed by atoms with Crippen molar-refractivity contribution < 1.29 is 14.8 Å². The molecule has 0 aromatic heterocycles. The van der Waals surface area contributed by atoms with Gasteiger partial charge in [-0.05, 0) is 30.3 Å². The zero-order valence-corrected chi connectivity index (χ0v) is 11.5. The number of hydrogen-bond donors (Lipinski definition) is 1. The average molecular weight is 310 g/mol. The first-order valence-electron chi connectivity index (χ1n) is 5.42. The van der Waals surface area contributed by atoms with E-state index in [1.165, 1.54) is 30.0 Å². The minimum atomic E-state index is -1.08. The molecule has 20 heavy (non-hydrogen) atoms. The molecule has 0 saturated carbocycles. The summed E-state index contributed by atoms with van der Waals surface area (Å²) >= 11 is 7.22. The lowest BCUT2D eigenvalue weighted by Gasteiger charge is -2.04. The van der Waals surface area contributed by atoms with Gasteiger partial charge in [-0.25, -0.2) is 4.79 Å². The van der Waals surface area contributed by atoms with Gasteiger partial charge in [-0.15, -0.1) is 0 Å². The van der Waals surface area contributed by atoms with Crippen molar-refractivity contribution in [2.24, 2.45) is 0 Å². The summed E-state index contributed by atoms with van der Waals surface area (Å²) in [6.45, 7) is 0. The maximum absolute atomic E-state index is 10.8. The first-order valence-corrected chi connectivity index (χ1v) is 6.62. The Bertz CT molecular complexity index is 673. The van der Waals surface area contributed by atoms with E-state index in [9.17, 15) is 14.9 Å². The molecule has 7 heteroatoms. The summed E-state index contributed by atoms with van der Waals surface area (Å²) in [4.78, 5) is 22.5. The summed E-state index contributed by atoms with van der Waals surface area (Å²) in [5.41, 5.74) is 0.0633. The van der Waals surface area contributed by atoms with E-state index < -0.39 is 10.9 Å². The third-order valence-corrected chi connectivity index (χ3v) is 3.76. The Morgan fingerprint density at radius 3 is 2.25 bits per heavy atom. The van der Waals surface area contributed by atoms with Crippen LogP contribution in [0.15, 0.2) is 52.3 Å². The molecule has 0 atom stereocenters. The first kappa shape index (κ1) is 14.4. The minimum absolute atomic E-state index is 0.0219. The van der Waals surface area contributed by atoms with Crippen molar-refractivity contribution in [3.8, 4) is 0 Å². The highest BCUT2D eigenvalue weighted by Crippen LogP contribution is 2.31. The second kappa shape index (κ2) is 5.94. The number of halogens is 1. The highest BCUT2D eigenvalue weighted by atomic mass is 35.5. The highest BCUT2D eigenvalue weighted by Gasteiger charge is 2.10. The monoisotopic (exact) mass is 309 g/mol. The van der Waals surface area contributed by atoms with Crippen LogP contribution in [0, 0.1) is 10.1 Å². The fourth-order valence-electron chi connectivity index (χ4n) is 1.50. The van der Waals surface area contributed by atoms with Crippen LogP contribution in [-0.2, 0) is 0 Å². The molecule has 0 bridgehead atoms. The van der Waals surface area contributed by atoms with E-state index in [0.29, 0.717) is 0 Å². The van der Waals surface area contributed by atoms with Crippen LogP contribution in [0.3, 0.4) is 0 Å². The predicted molar refractivity (Wildman–Crippen MR) is 75.6 cm³/mol. The lowest BCUT2D eigenvalue weighted by atomic mass is 10.2. The van der Waals surface area contributed by atoms with Gasteiger partial charge in [0.25, 0.3) is 5.69 Å². The SMILES string of the molecule is O=C(O)c1ccc(Sc2ccc([N+](=O)[O-])cc2)cc1Cl. The Labute approximate surface area is 123 Å². The van der Waals surface area contributed by atoms with Crippen molar-refractivity contribution in [3.63, 3.8) is 0 Å². The van der Waals surface area contributed by atoms with Crippen LogP contribution in [-0.4, -0.2) is 16.0 Å². The molecular weight excluding hydrogens is 302 g/mol. The van der Waals surface area contributed by atoms with Crippen LogP contribution < -0.4 is 0 Å². The number of nitro benzene ring substituents is 1. The highest BCUT2D eigenvalue weighted by molar-refractivity contribution is 7.99. The van der Waals surface area contributed by atoms with E-state index in [1.54, 1.807) is 24.3 Å². The molecule has 0 spiro atoms. The molecule has 0 saturated heterocycles. The van der Waals surface area contributed by atoms with E-state index in [2.05, 4.69) is 0 Å². The molecule has 102 valence electrons. The molecule has 2 rings (SSSR count). The number of rotatable bonds is 4. The van der Waals surface area contributed by atoms with Crippen LogP contribution in [0.5, 0.6) is 0 Å². The summed E-state index contributed by atoms with van der Waals surface area (Å²) in [5.74, 6) is -1.08. The van der Waals surface area contributed by atoms with Gasteiger partial charge in [0.05, 0.1) is 15.5 Å². The number of non-ortho nitro benzene ring substituents is 1. The van der Waals surface area contributed by atoms with E-state index in [-0.39, 0.29) is 16.3 Å². The Balaban J connectivity index is 2.19. The fraction of sp³-hybridized carbons (Fsp3) is 0. The van der Waals surface area contributed by atoms with Crippen molar-refractivity contribution in [2.75, 3.05) is 0 Å². The standard InChI is InChI=1S/C13H8ClNO4S/c14-12-7-10(5-6-11(12)13(16)17)20-9-3-1-8(2-4-9)15(18)19/h1-7H,(H,16,17). The summed E-state index contributed by atoms with van der Waals surface area (Å²) < 4.78 is 0. The summed E-state index contributed by atoms with van der Waals surface area (Å²) in [5, 5.41) is 19.6. The minimum Gasteiger partial charge on any atom is -0.478 e. The van der Waals surface area contributed by atoms with Gasteiger partial charge in [0.1, 0.15) is 0 Å². The Morgan fingerprint density at radius 2 is 1.75 bits per heavy atom. The Hall–Kier alpha value is -2.05. The Kier molecular flexibility index (Phi) is 4.26. The van der Waals surface area contributed by atoms with Gasteiger partial charge in [0.15, 0.2) is 0 Å². The quantitative estimate of drug-likeness (QED) is 0.679. The number of carboxylic acids is 1. The molecule has 0 heterocycles. The van der Waals surface area contributed by atoms with Crippen LogP contribution >= 0.6 is 23.4 Å². The van der Waals surface area contributed by atoms with Crippen LogP contribution in [0.2, 0.25) is 5.02 Å². The van der Waals surface area contributed by atoms with Gasteiger partial charge in [0, 0.05) is 21.9 Å². The third-order valence-electron chi connectivity index (χ3n) is 2.45. The third kappa shape index (κ3) is 3.28. The molecule has 0 radical (unpaired) electrons. The normalized spacial score (nSPS) is 10.2. The van der Waals surface area contributed by atoms with Gasteiger partial charge < -0.3 is 5.11 Å². The molecule has 0 fully saturated rings. The first-order chi connectivity index (χ1) is 9.47. The van der Waals surface area contributed by atoms with Gasteiger partial charge >= 0.3 is 5.97 Å². The second-order valence-corrected chi connectivity index (χ2v) is 5.35. The molecule has 2 aromatic carbocycles. The van der Waals surface area contributed by atoms with Crippen molar-refractivity contribution in [3.05, 3.63) is 63.2 Å². The lowest BCUT2D eigenvalue weighted by Crippen LogP contribution is -1.96. The number of carboxylic acid groups (broad SMARTS) is 1. The molecule has 5 nitrogen and oxygen atoms in total. The van der Waals surface area contributed by atoms with Crippen molar-refractivity contribution in [1.82, 2.24) is 0 Å². The molecule has 0 aliphatic carbocycles. The average Bonchev–Trinajstić information content (AvgIpc) is 2.39. The second-order valence-electron chi connectivity index (χ2n) is 3.80. The van der Waals surface area contributed by atoms with Gasteiger partial charge in [-0.1, -0.05) is 23.4 Å². The number of nitro groups is 1. The summed E-state index contributed by atoms with van der Waals surface area (Å²) in [6.07, 6.45) is 0. The van der Waals surface area contributed by atoms with Gasteiger partial charge in [-0.3, -0.25) is 10.1 Å². The number of hydrogen-bond acceptors (Lipinski definition) is 4. The smallest absolute Gasteiger partial charge is 0.337 e. The van der Waals surface area contributed by atoms with E-state index in [1.807, 2.05) is 0 Å². The molecule has 1 N–H and O–H groups in total. The topological polar surface area (TPSA) is 80.4 Å². The maximum atomic E-state index is 10.8. The number of carbonyl (C=O) groups is 1. The van der Waals surface area contributed by atoms with E-state index >= 15 is 0 Å². The fourth-order valence-corrected chi connectivity index (χ4v) is 2.69.